The Bertz CT molecular complexity index is 318. The van der Waals surface area contributed by atoms with Gasteiger partial charge in [-0.1, -0.05) is 11.6 Å². The first kappa shape index (κ1) is 11.0. The van der Waals surface area contributed by atoms with Crippen molar-refractivity contribution >= 4 is 17.6 Å². The van der Waals surface area contributed by atoms with E-state index in [1.807, 2.05) is 0 Å². The van der Waals surface area contributed by atoms with Crippen LogP contribution in [0.4, 0.5) is 0 Å². The van der Waals surface area contributed by atoms with Crippen LogP contribution in [0.5, 0.6) is 0 Å². The summed E-state index contributed by atoms with van der Waals surface area (Å²) in [5, 5.41) is 9.82. The number of nitrogens with zero attached hydrogens (tertiary/aromatic N) is 2. The first-order valence-electron chi connectivity index (χ1n) is 3.97. The molecule has 1 aromatic rings. The molecule has 0 saturated carbocycles. The SMILES string of the molecule is COC(=O)C[C@H](O)c1c(Cl)ncn1C. The van der Waals surface area contributed by atoms with Gasteiger partial charge in [0.1, 0.15) is 6.10 Å². The van der Waals surface area contributed by atoms with E-state index in [0.717, 1.165) is 0 Å². The van der Waals surface area contributed by atoms with Gasteiger partial charge in [-0.25, -0.2) is 4.98 Å². The van der Waals surface area contributed by atoms with E-state index >= 15 is 0 Å². The molecule has 5 nitrogen and oxygen atoms in total. The van der Waals surface area contributed by atoms with E-state index in [9.17, 15) is 9.90 Å². The third-order valence-corrected chi connectivity index (χ3v) is 2.13. The number of aromatic nitrogens is 2. The van der Waals surface area contributed by atoms with Gasteiger partial charge >= 0.3 is 5.97 Å². The number of halogens is 1. The van der Waals surface area contributed by atoms with E-state index in [-0.39, 0.29) is 11.6 Å². The van der Waals surface area contributed by atoms with Crippen LogP contribution in [0, 0.1) is 0 Å². The number of ether oxygens (including phenoxy) is 1. The number of rotatable bonds is 3. The number of hydrogen-bond acceptors (Lipinski definition) is 4. The van der Waals surface area contributed by atoms with Gasteiger partial charge in [-0.2, -0.15) is 0 Å². The lowest BCUT2D eigenvalue weighted by atomic mass is 10.2. The minimum absolute atomic E-state index is 0.129. The zero-order chi connectivity index (χ0) is 10.7. The number of aliphatic hydroxyl groups excluding tert-OH is 1. The third kappa shape index (κ3) is 2.24. The Labute approximate surface area is 86.3 Å². The maximum Gasteiger partial charge on any atom is 0.308 e. The van der Waals surface area contributed by atoms with E-state index in [1.165, 1.54) is 13.4 Å². The second-order valence-electron chi connectivity index (χ2n) is 2.83. The molecule has 1 N–H and O–H groups in total. The number of hydrogen-bond donors (Lipinski definition) is 1. The molecule has 0 radical (unpaired) electrons. The minimum Gasteiger partial charge on any atom is -0.469 e. The third-order valence-electron chi connectivity index (χ3n) is 1.84. The Morgan fingerprint density at radius 3 is 2.93 bits per heavy atom. The molecule has 0 aromatic carbocycles. The number of aliphatic hydroxyl groups is 1. The maximum atomic E-state index is 10.9. The smallest absolute Gasteiger partial charge is 0.308 e. The van der Waals surface area contributed by atoms with Crippen LogP contribution in [-0.2, 0) is 16.6 Å². The lowest BCUT2D eigenvalue weighted by molar-refractivity contribution is -0.143. The molecule has 0 fully saturated rings. The summed E-state index contributed by atoms with van der Waals surface area (Å²) < 4.78 is 5.99. The highest BCUT2D eigenvalue weighted by Crippen LogP contribution is 2.23. The van der Waals surface area contributed by atoms with Gasteiger partial charge in [0.25, 0.3) is 0 Å². The summed E-state index contributed by atoms with van der Waals surface area (Å²) in [7, 11) is 2.95. The van der Waals surface area contributed by atoms with Crippen LogP contribution >= 0.6 is 11.6 Å². The highest BCUT2D eigenvalue weighted by molar-refractivity contribution is 6.30. The fourth-order valence-electron chi connectivity index (χ4n) is 1.12. The van der Waals surface area contributed by atoms with Crippen LogP contribution in [0.3, 0.4) is 0 Å². The van der Waals surface area contributed by atoms with E-state index in [0.29, 0.717) is 5.69 Å². The Morgan fingerprint density at radius 2 is 2.50 bits per heavy atom. The monoisotopic (exact) mass is 218 g/mol. The predicted molar refractivity (Wildman–Crippen MR) is 49.8 cm³/mol. The maximum absolute atomic E-state index is 10.9. The first-order valence-corrected chi connectivity index (χ1v) is 4.35. The van der Waals surface area contributed by atoms with Gasteiger partial charge < -0.3 is 14.4 Å². The van der Waals surface area contributed by atoms with Gasteiger partial charge in [-0.3, -0.25) is 4.79 Å². The summed E-state index contributed by atoms with van der Waals surface area (Å²) in [6, 6.07) is 0. The van der Waals surface area contributed by atoms with Crippen LogP contribution in [0.1, 0.15) is 18.2 Å². The molecule has 0 amide bonds. The molecule has 0 aliphatic carbocycles. The standard InChI is InChI=1S/C8H11ClN2O3/c1-11-4-10-8(9)7(11)5(12)3-6(13)14-2/h4-5,12H,3H2,1-2H3/t5-/m0/s1. The average molecular weight is 219 g/mol. The molecule has 6 heteroatoms. The zero-order valence-electron chi connectivity index (χ0n) is 7.90. The highest BCUT2D eigenvalue weighted by Gasteiger charge is 2.19. The second kappa shape index (κ2) is 4.43. The number of carbonyl (C=O) groups excluding carboxylic acids is 1. The minimum atomic E-state index is -0.984. The van der Waals surface area contributed by atoms with Crippen molar-refractivity contribution in [3.63, 3.8) is 0 Å². The predicted octanol–water partition coefficient (Wildman–Crippen LogP) is 0.670. The molecular weight excluding hydrogens is 208 g/mol. The van der Waals surface area contributed by atoms with Crippen LogP contribution in [0.15, 0.2) is 6.33 Å². The topological polar surface area (TPSA) is 64.3 Å². The van der Waals surface area contributed by atoms with Crippen molar-refractivity contribution in [2.75, 3.05) is 7.11 Å². The van der Waals surface area contributed by atoms with Gasteiger partial charge in [0.05, 0.1) is 25.6 Å². The van der Waals surface area contributed by atoms with Crippen LogP contribution in [0.2, 0.25) is 5.15 Å². The van der Waals surface area contributed by atoms with Crippen molar-refractivity contribution in [1.82, 2.24) is 9.55 Å². The normalized spacial score (nSPS) is 12.6. The highest BCUT2D eigenvalue weighted by atomic mass is 35.5. The van der Waals surface area contributed by atoms with Crippen molar-refractivity contribution in [3.8, 4) is 0 Å². The van der Waals surface area contributed by atoms with Crippen LogP contribution in [0.25, 0.3) is 0 Å². The molecule has 0 aliphatic rings. The summed E-state index contributed by atoms with van der Waals surface area (Å²) >= 11 is 5.72. The van der Waals surface area contributed by atoms with Crippen molar-refractivity contribution in [2.24, 2.45) is 7.05 Å². The fourth-order valence-corrected chi connectivity index (χ4v) is 1.42. The van der Waals surface area contributed by atoms with Crippen molar-refractivity contribution < 1.29 is 14.6 Å². The molecule has 1 rings (SSSR count). The second-order valence-corrected chi connectivity index (χ2v) is 3.19. The average Bonchev–Trinajstić information content (AvgIpc) is 2.46. The summed E-state index contributed by atoms with van der Waals surface area (Å²) in [6.07, 6.45) is 0.357. The molecule has 1 atom stereocenters. The van der Waals surface area contributed by atoms with Crippen LogP contribution in [-0.4, -0.2) is 27.7 Å². The van der Waals surface area contributed by atoms with Crippen molar-refractivity contribution in [3.05, 3.63) is 17.2 Å². The number of esters is 1. The Kier molecular flexibility index (Phi) is 3.49. The lowest BCUT2D eigenvalue weighted by Crippen LogP contribution is -2.11. The van der Waals surface area contributed by atoms with Crippen molar-refractivity contribution in [1.29, 1.82) is 0 Å². The summed E-state index contributed by atoms with van der Waals surface area (Å²) in [4.78, 5) is 14.7. The van der Waals surface area contributed by atoms with Gasteiger partial charge in [0.2, 0.25) is 0 Å². The molecule has 78 valence electrons. The largest absolute Gasteiger partial charge is 0.469 e. The van der Waals surface area contributed by atoms with Gasteiger partial charge in [0, 0.05) is 7.05 Å². The molecule has 0 spiro atoms. The molecule has 14 heavy (non-hydrogen) atoms. The van der Waals surface area contributed by atoms with Crippen LogP contribution < -0.4 is 0 Å². The van der Waals surface area contributed by atoms with Gasteiger partial charge in [-0.15, -0.1) is 0 Å². The van der Waals surface area contributed by atoms with E-state index < -0.39 is 12.1 Å². The Balaban J connectivity index is 2.78. The zero-order valence-corrected chi connectivity index (χ0v) is 8.65. The number of carbonyl (C=O) groups is 1. The number of aryl methyl sites for hydroxylation is 1. The fraction of sp³-hybridized carbons (Fsp3) is 0.500. The van der Waals surface area contributed by atoms with E-state index in [4.69, 9.17) is 11.6 Å². The quantitative estimate of drug-likeness (QED) is 0.758. The number of imidazole rings is 1. The first-order chi connectivity index (χ1) is 6.56. The molecule has 0 unspecified atom stereocenters. The number of methoxy groups -OCH3 is 1. The molecular formula is C8H11ClN2O3. The van der Waals surface area contributed by atoms with Crippen molar-refractivity contribution in [2.45, 2.75) is 12.5 Å². The van der Waals surface area contributed by atoms with E-state index in [2.05, 4.69) is 9.72 Å². The molecule has 1 aromatic heterocycles. The molecule has 0 aliphatic heterocycles. The molecule has 1 heterocycles. The summed E-state index contributed by atoms with van der Waals surface area (Å²) in [5.41, 5.74) is 0.414. The summed E-state index contributed by atoms with van der Waals surface area (Å²) in [6.45, 7) is 0. The lowest BCUT2D eigenvalue weighted by Gasteiger charge is -2.10. The Morgan fingerprint density at radius 1 is 1.86 bits per heavy atom. The van der Waals surface area contributed by atoms with Gasteiger partial charge in [-0.05, 0) is 0 Å². The van der Waals surface area contributed by atoms with Gasteiger partial charge in [0.15, 0.2) is 5.15 Å². The van der Waals surface area contributed by atoms with E-state index in [1.54, 1.807) is 11.6 Å². The molecule has 0 saturated heterocycles. The molecule has 0 bridgehead atoms. The Hall–Kier alpha value is -1.07. The summed E-state index contributed by atoms with van der Waals surface area (Å²) in [5.74, 6) is -0.491.